The molecule has 7 nitrogen and oxygen atoms in total. The Morgan fingerprint density at radius 2 is 1.48 bits per heavy atom. The van der Waals surface area contributed by atoms with Gasteiger partial charge in [0.1, 0.15) is 6.33 Å². The number of nitrogens with one attached hydrogen (secondary N) is 2. The first-order valence-electron chi connectivity index (χ1n) is 7.60. The van der Waals surface area contributed by atoms with Gasteiger partial charge in [-0.2, -0.15) is 0 Å². The van der Waals surface area contributed by atoms with E-state index < -0.39 is 4.92 Å². The Hall–Kier alpha value is -2.61. The Balaban J connectivity index is 2.01. The summed E-state index contributed by atoms with van der Waals surface area (Å²) in [6, 6.07) is 9.87. The van der Waals surface area contributed by atoms with E-state index >= 15 is 0 Å². The van der Waals surface area contributed by atoms with Gasteiger partial charge in [0.15, 0.2) is 0 Å². The van der Waals surface area contributed by atoms with Gasteiger partial charge in [-0.25, -0.2) is 9.97 Å². The van der Waals surface area contributed by atoms with Crippen molar-refractivity contribution < 1.29 is 4.92 Å². The van der Waals surface area contributed by atoms with Gasteiger partial charge in [-0.05, 0) is 48.9 Å². The second-order valence-electron chi connectivity index (χ2n) is 5.51. The summed E-state index contributed by atoms with van der Waals surface area (Å²) in [5.41, 5.74) is 1.55. The van der Waals surface area contributed by atoms with Crippen molar-refractivity contribution in [1.29, 1.82) is 0 Å². The quantitative estimate of drug-likeness (QED) is 0.377. The molecule has 0 spiro atoms. The fourth-order valence-corrected chi connectivity index (χ4v) is 3.03. The summed E-state index contributed by atoms with van der Waals surface area (Å²) in [6.45, 7) is 1.83. The molecule has 0 saturated carbocycles. The van der Waals surface area contributed by atoms with Gasteiger partial charge in [-0.15, -0.1) is 0 Å². The van der Waals surface area contributed by atoms with Crippen molar-refractivity contribution in [1.82, 2.24) is 9.97 Å². The lowest BCUT2D eigenvalue weighted by atomic mass is 10.2. The molecule has 3 aromatic rings. The van der Waals surface area contributed by atoms with E-state index in [1.165, 1.54) is 12.4 Å². The molecule has 0 radical (unpaired) electrons. The van der Waals surface area contributed by atoms with Gasteiger partial charge in [-0.1, -0.05) is 34.8 Å². The standard InChI is InChI=1S/C17H12Cl3N5O2/c1-9-6-10(18)2-4-13(9)23-16-15(25(26)27)17(22-8-21-16)24-14-5-3-11(19)7-12(14)20/h2-8H,1H3,(H2,21,22,23,24). The largest absolute Gasteiger partial charge is 0.353 e. The lowest BCUT2D eigenvalue weighted by molar-refractivity contribution is -0.383. The summed E-state index contributed by atoms with van der Waals surface area (Å²) in [6.07, 6.45) is 1.22. The van der Waals surface area contributed by atoms with E-state index in [0.717, 1.165) is 5.56 Å². The van der Waals surface area contributed by atoms with Gasteiger partial charge in [0.2, 0.25) is 11.6 Å². The highest BCUT2D eigenvalue weighted by atomic mass is 35.5. The fraction of sp³-hybridized carbons (Fsp3) is 0.0588. The fourth-order valence-electron chi connectivity index (χ4n) is 2.35. The zero-order valence-corrected chi connectivity index (χ0v) is 16.1. The molecule has 0 amide bonds. The molecular weight excluding hydrogens is 413 g/mol. The molecule has 0 bridgehead atoms. The molecule has 2 aromatic carbocycles. The first-order valence-corrected chi connectivity index (χ1v) is 8.73. The summed E-state index contributed by atoms with van der Waals surface area (Å²) in [5, 5.41) is 18.8. The van der Waals surface area contributed by atoms with Crippen LogP contribution in [0.15, 0.2) is 42.7 Å². The Kier molecular flexibility index (Phi) is 5.65. The van der Waals surface area contributed by atoms with Gasteiger partial charge in [-0.3, -0.25) is 10.1 Å². The van der Waals surface area contributed by atoms with E-state index in [1.807, 2.05) is 6.92 Å². The zero-order chi connectivity index (χ0) is 19.6. The number of aryl methyl sites for hydroxylation is 1. The van der Waals surface area contributed by atoms with Crippen molar-refractivity contribution in [2.24, 2.45) is 0 Å². The Morgan fingerprint density at radius 1 is 0.926 bits per heavy atom. The second-order valence-corrected chi connectivity index (χ2v) is 6.79. The van der Waals surface area contributed by atoms with Crippen LogP contribution in [0.3, 0.4) is 0 Å². The number of anilines is 4. The van der Waals surface area contributed by atoms with Crippen LogP contribution in [0.2, 0.25) is 15.1 Å². The molecule has 0 aliphatic rings. The minimum atomic E-state index is -0.570. The molecule has 0 aliphatic carbocycles. The molecule has 138 valence electrons. The summed E-state index contributed by atoms with van der Waals surface area (Å²) in [4.78, 5) is 19.1. The maximum absolute atomic E-state index is 11.7. The number of rotatable bonds is 5. The molecule has 10 heteroatoms. The minimum Gasteiger partial charge on any atom is -0.334 e. The SMILES string of the molecule is Cc1cc(Cl)ccc1Nc1ncnc(Nc2ccc(Cl)cc2Cl)c1[N+](=O)[O-]. The van der Waals surface area contributed by atoms with Gasteiger partial charge in [0.05, 0.1) is 15.6 Å². The maximum atomic E-state index is 11.7. The van der Waals surface area contributed by atoms with Crippen molar-refractivity contribution in [3.63, 3.8) is 0 Å². The topological polar surface area (TPSA) is 93.0 Å². The van der Waals surface area contributed by atoms with Crippen LogP contribution in [0.25, 0.3) is 0 Å². The van der Waals surface area contributed by atoms with E-state index in [9.17, 15) is 10.1 Å². The Morgan fingerprint density at radius 3 is 2.04 bits per heavy atom. The smallest absolute Gasteiger partial charge is 0.334 e. The van der Waals surface area contributed by atoms with Gasteiger partial charge in [0, 0.05) is 15.7 Å². The van der Waals surface area contributed by atoms with Crippen LogP contribution in [-0.2, 0) is 0 Å². The lowest BCUT2D eigenvalue weighted by Crippen LogP contribution is -2.06. The minimum absolute atomic E-state index is 0.00617. The first kappa shape index (κ1) is 19.2. The van der Waals surface area contributed by atoms with Crippen LogP contribution in [0.1, 0.15) is 5.56 Å². The molecule has 2 N–H and O–H groups in total. The van der Waals surface area contributed by atoms with Crippen LogP contribution < -0.4 is 10.6 Å². The monoisotopic (exact) mass is 423 g/mol. The number of halogens is 3. The molecule has 3 rings (SSSR count). The van der Waals surface area contributed by atoms with E-state index in [1.54, 1.807) is 30.3 Å². The Labute approximate surface area is 169 Å². The molecule has 0 unspecified atom stereocenters. The van der Waals surface area contributed by atoms with E-state index in [2.05, 4.69) is 20.6 Å². The second kappa shape index (κ2) is 7.96. The number of benzene rings is 2. The van der Waals surface area contributed by atoms with Gasteiger partial charge >= 0.3 is 5.69 Å². The van der Waals surface area contributed by atoms with E-state index in [-0.39, 0.29) is 17.3 Å². The van der Waals surface area contributed by atoms with Crippen molar-refractivity contribution >= 4 is 63.5 Å². The maximum Gasteiger partial charge on any atom is 0.353 e. The molecule has 0 aliphatic heterocycles. The summed E-state index contributed by atoms with van der Waals surface area (Å²) in [7, 11) is 0. The number of nitrogens with zero attached hydrogens (tertiary/aromatic N) is 3. The van der Waals surface area contributed by atoms with E-state index in [4.69, 9.17) is 34.8 Å². The van der Waals surface area contributed by atoms with Crippen LogP contribution in [0.5, 0.6) is 0 Å². The summed E-state index contributed by atoms with van der Waals surface area (Å²) >= 11 is 18.0. The average Bonchev–Trinajstić information content (AvgIpc) is 2.60. The number of hydrogen-bond acceptors (Lipinski definition) is 6. The van der Waals surface area contributed by atoms with Crippen molar-refractivity contribution in [2.45, 2.75) is 6.92 Å². The third kappa shape index (κ3) is 4.39. The third-order valence-corrected chi connectivity index (χ3v) is 4.41. The Bertz CT molecular complexity index is 958. The first-order chi connectivity index (χ1) is 12.8. The lowest BCUT2D eigenvalue weighted by Gasteiger charge is -2.12. The zero-order valence-electron chi connectivity index (χ0n) is 13.8. The van der Waals surface area contributed by atoms with Crippen molar-refractivity contribution in [2.75, 3.05) is 10.6 Å². The third-order valence-electron chi connectivity index (χ3n) is 3.63. The average molecular weight is 425 g/mol. The van der Waals surface area contributed by atoms with Crippen LogP contribution >= 0.6 is 34.8 Å². The molecule has 0 atom stereocenters. The van der Waals surface area contributed by atoms with Crippen LogP contribution in [0, 0.1) is 17.0 Å². The molecule has 0 fully saturated rings. The number of aromatic nitrogens is 2. The van der Waals surface area contributed by atoms with Crippen LogP contribution in [0.4, 0.5) is 28.7 Å². The number of nitro groups is 1. The van der Waals surface area contributed by atoms with Crippen LogP contribution in [-0.4, -0.2) is 14.9 Å². The highest BCUT2D eigenvalue weighted by Crippen LogP contribution is 2.36. The molecule has 1 aromatic heterocycles. The van der Waals surface area contributed by atoms with Crippen molar-refractivity contribution in [3.05, 3.63) is 73.5 Å². The highest BCUT2D eigenvalue weighted by molar-refractivity contribution is 6.36. The van der Waals surface area contributed by atoms with Gasteiger partial charge in [0.25, 0.3) is 0 Å². The van der Waals surface area contributed by atoms with Crippen molar-refractivity contribution in [3.8, 4) is 0 Å². The molecule has 1 heterocycles. The normalized spacial score (nSPS) is 10.5. The summed E-state index contributed by atoms with van der Waals surface area (Å²) in [5.74, 6) is 0.0290. The van der Waals surface area contributed by atoms with Gasteiger partial charge < -0.3 is 10.6 Å². The summed E-state index contributed by atoms with van der Waals surface area (Å²) < 4.78 is 0. The predicted octanol–water partition coefficient (Wildman–Crippen LogP) is 6.14. The molecular formula is C17H12Cl3N5O2. The van der Waals surface area contributed by atoms with E-state index in [0.29, 0.717) is 26.4 Å². The predicted molar refractivity (Wildman–Crippen MR) is 108 cm³/mol. The molecule has 27 heavy (non-hydrogen) atoms. The highest BCUT2D eigenvalue weighted by Gasteiger charge is 2.24. The number of hydrogen-bond donors (Lipinski definition) is 2. The molecule has 0 saturated heterocycles.